The molecule has 2 aromatic heterocycles. The first kappa shape index (κ1) is 15.7. The van der Waals surface area contributed by atoms with Crippen LogP contribution in [0.15, 0.2) is 30.7 Å². The minimum Gasteiger partial charge on any atom is -0.350 e. The number of carbonyl (C=O) groups is 1. The number of H-pyrrole nitrogens is 1. The van der Waals surface area contributed by atoms with Gasteiger partial charge in [-0.3, -0.25) is 14.9 Å². The predicted octanol–water partition coefficient (Wildman–Crippen LogP) is 1.03. The fourth-order valence-electron chi connectivity index (χ4n) is 2.68. The maximum absolute atomic E-state index is 12.4. The second-order valence-corrected chi connectivity index (χ2v) is 8.00. The van der Waals surface area contributed by atoms with Gasteiger partial charge in [0.05, 0.1) is 17.7 Å². The highest BCUT2D eigenvalue weighted by Crippen LogP contribution is 2.21. The predicted molar refractivity (Wildman–Crippen MR) is 85.5 cm³/mol. The van der Waals surface area contributed by atoms with Crippen LogP contribution in [0.2, 0.25) is 0 Å². The molecule has 3 heterocycles. The summed E-state index contributed by atoms with van der Waals surface area (Å²) in [5.74, 6) is 0.386. The van der Waals surface area contributed by atoms with Crippen LogP contribution in [0.4, 0.5) is 0 Å². The fourth-order valence-corrected chi connectivity index (χ4v) is 4.27. The molecular formula is C15H18N4O3S. The molecule has 0 unspecified atom stereocenters. The highest BCUT2D eigenvalue weighted by atomic mass is 32.2. The lowest BCUT2D eigenvalue weighted by molar-refractivity contribution is 0.0942. The monoisotopic (exact) mass is 334 g/mol. The van der Waals surface area contributed by atoms with Crippen molar-refractivity contribution in [1.82, 2.24) is 20.5 Å². The zero-order valence-corrected chi connectivity index (χ0v) is 13.3. The van der Waals surface area contributed by atoms with E-state index in [1.54, 1.807) is 18.6 Å². The average Bonchev–Trinajstić information content (AvgIpc) is 3.04. The molecule has 0 saturated carbocycles. The smallest absolute Gasteiger partial charge is 0.269 e. The van der Waals surface area contributed by atoms with Gasteiger partial charge in [0, 0.05) is 24.5 Å². The lowest BCUT2D eigenvalue weighted by atomic mass is 10.0. The van der Waals surface area contributed by atoms with E-state index in [1.807, 2.05) is 12.1 Å². The lowest BCUT2D eigenvalue weighted by Crippen LogP contribution is -2.34. The highest BCUT2D eigenvalue weighted by Gasteiger charge is 2.24. The van der Waals surface area contributed by atoms with Crippen molar-refractivity contribution < 1.29 is 13.2 Å². The molecule has 7 nitrogen and oxygen atoms in total. The highest BCUT2D eigenvalue weighted by molar-refractivity contribution is 7.91. The molecule has 8 heteroatoms. The third kappa shape index (κ3) is 3.76. The Morgan fingerprint density at radius 2 is 1.96 bits per heavy atom. The van der Waals surface area contributed by atoms with Crippen molar-refractivity contribution in [3.8, 4) is 11.1 Å². The molecule has 23 heavy (non-hydrogen) atoms. The van der Waals surface area contributed by atoms with Crippen molar-refractivity contribution in [2.45, 2.75) is 12.8 Å². The van der Waals surface area contributed by atoms with Crippen molar-refractivity contribution in [2.24, 2.45) is 5.92 Å². The summed E-state index contributed by atoms with van der Waals surface area (Å²) in [6, 6.07) is 3.63. The molecule has 2 N–H and O–H groups in total. The second kappa shape index (κ2) is 6.49. The molecule has 0 bridgehead atoms. The van der Waals surface area contributed by atoms with Gasteiger partial charge in [-0.25, -0.2) is 8.42 Å². The first-order chi connectivity index (χ1) is 11.1. The normalized spacial score (nSPS) is 17.7. The number of hydrogen-bond donors (Lipinski definition) is 2. The molecule has 1 aliphatic heterocycles. The number of amides is 1. The molecule has 122 valence electrons. The van der Waals surface area contributed by atoms with E-state index in [4.69, 9.17) is 0 Å². The van der Waals surface area contributed by atoms with Gasteiger partial charge in [0.15, 0.2) is 0 Å². The van der Waals surface area contributed by atoms with Crippen LogP contribution in [0.3, 0.4) is 0 Å². The summed E-state index contributed by atoms with van der Waals surface area (Å²) in [5.41, 5.74) is 1.98. The van der Waals surface area contributed by atoms with Crippen molar-refractivity contribution in [3.05, 3.63) is 36.4 Å². The standard InChI is InChI=1S/C15H18N4O3S/c20-15(17-9-11-3-7-23(21,22)8-4-11)14-13(10-18-19-14)12-1-5-16-6-2-12/h1-2,5-6,10-11H,3-4,7-9H2,(H,17,20)(H,18,19). The molecule has 3 rings (SSSR count). The molecule has 0 atom stereocenters. The van der Waals surface area contributed by atoms with E-state index in [0.29, 0.717) is 25.1 Å². The lowest BCUT2D eigenvalue weighted by Gasteiger charge is -2.22. The van der Waals surface area contributed by atoms with E-state index in [9.17, 15) is 13.2 Å². The van der Waals surface area contributed by atoms with Gasteiger partial charge in [-0.1, -0.05) is 0 Å². The Labute approximate surface area is 134 Å². The van der Waals surface area contributed by atoms with Gasteiger partial charge < -0.3 is 5.32 Å². The number of sulfone groups is 1. The van der Waals surface area contributed by atoms with Crippen LogP contribution in [0.25, 0.3) is 11.1 Å². The van der Waals surface area contributed by atoms with Crippen molar-refractivity contribution in [2.75, 3.05) is 18.1 Å². The van der Waals surface area contributed by atoms with Crippen LogP contribution < -0.4 is 5.32 Å². The molecule has 0 aromatic carbocycles. The first-order valence-electron chi connectivity index (χ1n) is 7.47. The summed E-state index contributed by atoms with van der Waals surface area (Å²) in [6.07, 6.45) is 6.13. The summed E-state index contributed by atoms with van der Waals surface area (Å²) in [6.45, 7) is 0.475. The van der Waals surface area contributed by atoms with Gasteiger partial charge in [0.25, 0.3) is 5.91 Å². The Morgan fingerprint density at radius 1 is 1.26 bits per heavy atom. The summed E-state index contributed by atoms with van der Waals surface area (Å²) in [4.78, 5) is 16.3. The molecular weight excluding hydrogens is 316 g/mol. The number of nitrogens with one attached hydrogen (secondary N) is 2. The van der Waals surface area contributed by atoms with E-state index in [2.05, 4.69) is 20.5 Å². The van der Waals surface area contributed by atoms with Gasteiger partial charge in [0.2, 0.25) is 0 Å². The number of hydrogen-bond acceptors (Lipinski definition) is 5. The number of aromatic amines is 1. The van der Waals surface area contributed by atoms with E-state index < -0.39 is 9.84 Å². The van der Waals surface area contributed by atoms with Crippen LogP contribution in [0.1, 0.15) is 23.3 Å². The molecule has 0 spiro atoms. The maximum Gasteiger partial charge on any atom is 0.269 e. The molecule has 0 radical (unpaired) electrons. The average molecular weight is 334 g/mol. The quantitative estimate of drug-likeness (QED) is 0.869. The third-order valence-corrected chi connectivity index (χ3v) is 5.80. The number of rotatable bonds is 4. The minimum atomic E-state index is -2.87. The molecule has 2 aromatic rings. The van der Waals surface area contributed by atoms with Crippen molar-refractivity contribution in [3.63, 3.8) is 0 Å². The van der Waals surface area contributed by atoms with E-state index >= 15 is 0 Å². The zero-order chi connectivity index (χ0) is 16.3. The van der Waals surface area contributed by atoms with E-state index in [0.717, 1.165) is 11.1 Å². The fraction of sp³-hybridized carbons (Fsp3) is 0.400. The SMILES string of the molecule is O=C(NCC1CCS(=O)(=O)CC1)c1[nH]ncc1-c1ccncc1. The molecule has 1 amide bonds. The van der Waals surface area contributed by atoms with E-state index in [1.165, 1.54) is 0 Å². The van der Waals surface area contributed by atoms with Crippen LogP contribution >= 0.6 is 0 Å². The van der Waals surface area contributed by atoms with Gasteiger partial charge in [0.1, 0.15) is 15.5 Å². The van der Waals surface area contributed by atoms with Crippen LogP contribution in [0, 0.1) is 5.92 Å². The summed E-state index contributed by atoms with van der Waals surface area (Å²) >= 11 is 0. The molecule has 1 aliphatic rings. The number of pyridine rings is 1. The number of carbonyl (C=O) groups excluding carboxylic acids is 1. The molecule has 1 fully saturated rings. The Kier molecular flexibility index (Phi) is 4.42. The van der Waals surface area contributed by atoms with Gasteiger partial charge in [-0.15, -0.1) is 0 Å². The Balaban J connectivity index is 1.63. The number of nitrogens with zero attached hydrogens (tertiary/aromatic N) is 2. The van der Waals surface area contributed by atoms with Crippen molar-refractivity contribution >= 4 is 15.7 Å². The van der Waals surface area contributed by atoms with Crippen LogP contribution in [-0.2, 0) is 9.84 Å². The Morgan fingerprint density at radius 3 is 2.65 bits per heavy atom. The maximum atomic E-state index is 12.4. The Bertz CT molecular complexity index is 772. The van der Waals surface area contributed by atoms with Crippen LogP contribution in [-0.4, -0.2) is 47.6 Å². The topological polar surface area (TPSA) is 105 Å². The molecule has 0 aliphatic carbocycles. The zero-order valence-electron chi connectivity index (χ0n) is 12.5. The largest absolute Gasteiger partial charge is 0.350 e. The first-order valence-corrected chi connectivity index (χ1v) is 9.30. The summed E-state index contributed by atoms with van der Waals surface area (Å²) in [5, 5.41) is 9.55. The number of aromatic nitrogens is 3. The Hall–Kier alpha value is -2.22. The van der Waals surface area contributed by atoms with Gasteiger partial charge in [-0.2, -0.15) is 5.10 Å². The van der Waals surface area contributed by atoms with Gasteiger partial charge in [-0.05, 0) is 36.5 Å². The molecule has 1 saturated heterocycles. The minimum absolute atomic E-state index is 0.203. The summed E-state index contributed by atoms with van der Waals surface area (Å²) < 4.78 is 22.8. The second-order valence-electron chi connectivity index (χ2n) is 5.70. The van der Waals surface area contributed by atoms with Crippen molar-refractivity contribution in [1.29, 1.82) is 0 Å². The van der Waals surface area contributed by atoms with Crippen LogP contribution in [0.5, 0.6) is 0 Å². The van der Waals surface area contributed by atoms with E-state index in [-0.39, 0.29) is 23.3 Å². The summed E-state index contributed by atoms with van der Waals surface area (Å²) in [7, 11) is -2.87. The third-order valence-electron chi connectivity index (χ3n) is 4.08. The van der Waals surface area contributed by atoms with Gasteiger partial charge >= 0.3 is 0 Å².